The second kappa shape index (κ2) is 8.38. The van der Waals surface area contributed by atoms with Gasteiger partial charge in [0.1, 0.15) is 11.6 Å². The SMILES string of the molecule is CNc1ccc(C)c(-c2cc(NC(C)CO)nc(N3CCOCC3)c2)c1. The lowest BCUT2D eigenvalue weighted by Gasteiger charge is -2.29. The van der Waals surface area contributed by atoms with Crippen LogP contribution in [-0.4, -0.2) is 56.1 Å². The number of hydrogen-bond acceptors (Lipinski definition) is 6. The third kappa shape index (κ3) is 4.26. The van der Waals surface area contributed by atoms with Crippen LogP contribution in [0.15, 0.2) is 30.3 Å². The van der Waals surface area contributed by atoms with Crippen LogP contribution in [0.5, 0.6) is 0 Å². The lowest BCUT2D eigenvalue weighted by atomic mass is 10.00. The van der Waals surface area contributed by atoms with E-state index in [0.717, 1.165) is 49.2 Å². The predicted octanol–water partition coefficient (Wildman–Crippen LogP) is 2.73. The Morgan fingerprint density at radius 1 is 1.23 bits per heavy atom. The number of hydrogen-bond donors (Lipinski definition) is 3. The van der Waals surface area contributed by atoms with Crippen molar-refractivity contribution in [3.05, 3.63) is 35.9 Å². The number of benzene rings is 1. The first-order chi connectivity index (χ1) is 12.6. The fourth-order valence-electron chi connectivity index (χ4n) is 3.09. The second-order valence-electron chi connectivity index (χ2n) is 6.71. The zero-order valence-electron chi connectivity index (χ0n) is 15.7. The number of rotatable bonds is 6. The molecule has 1 aromatic heterocycles. The van der Waals surface area contributed by atoms with E-state index in [9.17, 15) is 5.11 Å². The van der Waals surface area contributed by atoms with Crippen LogP contribution in [0.25, 0.3) is 11.1 Å². The van der Waals surface area contributed by atoms with Gasteiger partial charge in [-0.15, -0.1) is 0 Å². The van der Waals surface area contributed by atoms with E-state index in [0.29, 0.717) is 0 Å². The molecule has 0 bridgehead atoms. The Hall–Kier alpha value is -2.31. The number of aliphatic hydroxyl groups excluding tert-OH is 1. The zero-order chi connectivity index (χ0) is 18.5. The van der Waals surface area contributed by atoms with Crippen molar-refractivity contribution >= 4 is 17.3 Å². The molecule has 2 aromatic rings. The summed E-state index contributed by atoms with van der Waals surface area (Å²) >= 11 is 0. The summed E-state index contributed by atoms with van der Waals surface area (Å²) in [6.07, 6.45) is 0. The highest BCUT2D eigenvalue weighted by Gasteiger charge is 2.16. The third-order valence-electron chi connectivity index (χ3n) is 4.65. The molecule has 0 saturated carbocycles. The van der Waals surface area contributed by atoms with Crippen molar-refractivity contribution in [1.29, 1.82) is 0 Å². The topological polar surface area (TPSA) is 69.7 Å². The number of morpholine rings is 1. The summed E-state index contributed by atoms with van der Waals surface area (Å²) in [7, 11) is 1.93. The van der Waals surface area contributed by atoms with Crippen molar-refractivity contribution in [2.24, 2.45) is 0 Å². The van der Waals surface area contributed by atoms with Gasteiger partial charge in [-0.2, -0.15) is 0 Å². The summed E-state index contributed by atoms with van der Waals surface area (Å²) in [6, 6.07) is 10.5. The number of anilines is 3. The van der Waals surface area contributed by atoms with Gasteiger partial charge in [-0.25, -0.2) is 4.98 Å². The number of aryl methyl sites for hydroxylation is 1. The summed E-state index contributed by atoms with van der Waals surface area (Å²) in [5, 5.41) is 15.9. The van der Waals surface area contributed by atoms with Crippen LogP contribution in [0.2, 0.25) is 0 Å². The molecule has 1 saturated heterocycles. The maximum Gasteiger partial charge on any atom is 0.131 e. The molecule has 6 nitrogen and oxygen atoms in total. The maximum atomic E-state index is 9.39. The van der Waals surface area contributed by atoms with Crippen molar-refractivity contribution in [3.63, 3.8) is 0 Å². The van der Waals surface area contributed by atoms with Gasteiger partial charge in [0.05, 0.1) is 19.8 Å². The lowest BCUT2D eigenvalue weighted by molar-refractivity contribution is 0.122. The molecule has 1 aromatic carbocycles. The van der Waals surface area contributed by atoms with Gasteiger partial charge >= 0.3 is 0 Å². The van der Waals surface area contributed by atoms with Crippen molar-refractivity contribution in [1.82, 2.24) is 4.98 Å². The van der Waals surface area contributed by atoms with E-state index < -0.39 is 0 Å². The number of nitrogens with one attached hydrogen (secondary N) is 2. The monoisotopic (exact) mass is 356 g/mol. The Morgan fingerprint density at radius 2 is 2.00 bits per heavy atom. The van der Waals surface area contributed by atoms with E-state index in [1.165, 1.54) is 11.1 Å². The van der Waals surface area contributed by atoms with E-state index in [1.54, 1.807) is 0 Å². The quantitative estimate of drug-likeness (QED) is 0.739. The Morgan fingerprint density at radius 3 is 2.69 bits per heavy atom. The standard InChI is InChI=1S/C20H28N4O2/c1-14-4-5-17(21-3)12-18(14)16-10-19(22-15(2)13-25)23-20(11-16)24-6-8-26-9-7-24/h4-5,10-12,15,21,25H,6-9,13H2,1-3H3,(H,22,23). The second-order valence-corrected chi connectivity index (χ2v) is 6.71. The highest BCUT2D eigenvalue weighted by Crippen LogP contribution is 2.31. The van der Waals surface area contributed by atoms with Crippen molar-refractivity contribution in [3.8, 4) is 11.1 Å². The van der Waals surface area contributed by atoms with Gasteiger partial charge in [0.25, 0.3) is 0 Å². The summed E-state index contributed by atoms with van der Waals surface area (Å²) < 4.78 is 5.47. The number of aromatic nitrogens is 1. The molecule has 0 radical (unpaired) electrons. The predicted molar refractivity (Wildman–Crippen MR) is 107 cm³/mol. The molecule has 1 aliphatic rings. The molecule has 0 aliphatic carbocycles. The Labute approximate surface area is 155 Å². The molecule has 0 spiro atoms. The van der Waals surface area contributed by atoms with Crippen molar-refractivity contribution in [2.75, 3.05) is 55.5 Å². The maximum absolute atomic E-state index is 9.39. The molecule has 140 valence electrons. The zero-order valence-corrected chi connectivity index (χ0v) is 15.7. The first-order valence-electron chi connectivity index (χ1n) is 9.11. The molecule has 6 heteroatoms. The molecule has 3 rings (SSSR count). The van der Waals surface area contributed by atoms with Crippen molar-refractivity contribution < 1.29 is 9.84 Å². The number of ether oxygens (including phenoxy) is 1. The van der Waals surface area contributed by atoms with Gasteiger partial charge in [-0.05, 0) is 54.8 Å². The number of aliphatic hydroxyl groups is 1. The molecule has 1 fully saturated rings. The van der Waals surface area contributed by atoms with Crippen LogP contribution in [0.4, 0.5) is 17.3 Å². The Kier molecular flexibility index (Phi) is 5.96. The molecule has 26 heavy (non-hydrogen) atoms. The van der Waals surface area contributed by atoms with E-state index in [2.05, 4.69) is 52.8 Å². The van der Waals surface area contributed by atoms with Gasteiger partial charge in [0.2, 0.25) is 0 Å². The largest absolute Gasteiger partial charge is 0.394 e. The summed E-state index contributed by atoms with van der Waals surface area (Å²) in [6.45, 7) is 7.23. The highest BCUT2D eigenvalue weighted by molar-refractivity contribution is 5.76. The molecular formula is C20H28N4O2. The minimum Gasteiger partial charge on any atom is -0.394 e. The molecular weight excluding hydrogens is 328 g/mol. The van der Waals surface area contributed by atoms with Gasteiger partial charge in [0.15, 0.2) is 0 Å². The van der Waals surface area contributed by atoms with Crippen LogP contribution in [0, 0.1) is 6.92 Å². The van der Waals surface area contributed by atoms with Crippen LogP contribution >= 0.6 is 0 Å². The molecule has 3 N–H and O–H groups in total. The van der Waals surface area contributed by atoms with E-state index >= 15 is 0 Å². The first kappa shape index (κ1) is 18.5. The summed E-state index contributed by atoms with van der Waals surface area (Å²) in [4.78, 5) is 7.02. The number of nitrogens with zero attached hydrogens (tertiary/aromatic N) is 2. The van der Waals surface area contributed by atoms with E-state index in [1.807, 2.05) is 14.0 Å². The fraction of sp³-hybridized carbons (Fsp3) is 0.450. The van der Waals surface area contributed by atoms with Crippen LogP contribution in [0.3, 0.4) is 0 Å². The normalized spacial score (nSPS) is 15.6. The molecule has 1 atom stereocenters. The van der Waals surface area contributed by atoms with Gasteiger partial charge in [0, 0.05) is 31.9 Å². The van der Waals surface area contributed by atoms with Crippen LogP contribution < -0.4 is 15.5 Å². The van der Waals surface area contributed by atoms with Gasteiger partial charge in [-0.1, -0.05) is 6.07 Å². The fourth-order valence-corrected chi connectivity index (χ4v) is 3.09. The minimum atomic E-state index is -0.0555. The molecule has 1 aliphatic heterocycles. The number of pyridine rings is 1. The first-order valence-corrected chi connectivity index (χ1v) is 9.11. The average molecular weight is 356 g/mol. The average Bonchev–Trinajstić information content (AvgIpc) is 2.68. The molecule has 0 amide bonds. The lowest BCUT2D eigenvalue weighted by Crippen LogP contribution is -2.37. The molecule has 1 unspecified atom stereocenters. The van der Waals surface area contributed by atoms with E-state index in [-0.39, 0.29) is 12.6 Å². The van der Waals surface area contributed by atoms with Crippen LogP contribution in [-0.2, 0) is 4.74 Å². The molecule has 2 heterocycles. The van der Waals surface area contributed by atoms with E-state index in [4.69, 9.17) is 9.72 Å². The van der Waals surface area contributed by atoms with Gasteiger partial charge < -0.3 is 25.4 Å². The third-order valence-corrected chi connectivity index (χ3v) is 4.65. The summed E-state index contributed by atoms with van der Waals surface area (Å²) in [5.41, 5.74) is 4.58. The van der Waals surface area contributed by atoms with Crippen molar-refractivity contribution in [2.45, 2.75) is 19.9 Å². The summed E-state index contributed by atoms with van der Waals surface area (Å²) in [5.74, 6) is 1.72. The Bertz CT molecular complexity index is 745. The van der Waals surface area contributed by atoms with Gasteiger partial charge in [-0.3, -0.25) is 0 Å². The smallest absolute Gasteiger partial charge is 0.131 e. The van der Waals surface area contributed by atoms with Crippen LogP contribution in [0.1, 0.15) is 12.5 Å². The minimum absolute atomic E-state index is 0.0555. The highest BCUT2D eigenvalue weighted by atomic mass is 16.5. The Balaban J connectivity index is 2.04.